The maximum absolute atomic E-state index is 3.43. The van der Waals surface area contributed by atoms with Crippen LogP contribution in [0.4, 0.5) is 0 Å². The molecule has 1 aliphatic rings. The highest BCUT2D eigenvalue weighted by Crippen LogP contribution is 2.21. The van der Waals surface area contributed by atoms with E-state index >= 15 is 0 Å². The molecule has 0 aliphatic carbocycles. The van der Waals surface area contributed by atoms with Crippen LogP contribution in [0.15, 0.2) is 0 Å². The minimum absolute atomic E-state index is 0.923. The van der Waals surface area contributed by atoms with E-state index in [1.807, 2.05) is 0 Å². The quantitative estimate of drug-likeness (QED) is 0.634. The fraction of sp³-hybridized carbons (Fsp3) is 1.00. The average molecular weight is 141 g/mol. The van der Waals surface area contributed by atoms with Crippen LogP contribution in [0.5, 0.6) is 0 Å². The van der Waals surface area contributed by atoms with Crippen molar-refractivity contribution in [3.63, 3.8) is 0 Å². The first-order valence-electron chi connectivity index (χ1n) is 4.55. The lowest BCUT2D eigenvalue weighted by Crippen LogP contribution is -2.09. The molecule has 2 unspecified atom stereocenters. The van der Waals surface area contributed by atoms with E-state index in [4.69, 9.17) is 0 Å². The first kappa shape index (κ1) is 8.06. The topological polar surface area (TPSA) is 12.0 Å². The second-order valence-corrected chi connectivity index (χ2v) is 3.54. The molecule has 1 heterocycles. The molecule has 0 spiro atoms. The van der Waals surface area contributed by atoms with Gasteiger partial charge in [-0.1, -0.05) is 26.7 Å². The third kappa shape index (κ3) is 1.98. The van der Waals surface area contributed by atoms with Gasteiger partial charge in [-0.25, -0.2) is 0 Å². The molecule has 10 heavy (non-hydrogen) atoms. The van der Waals surface area contributed by atoms with Gasteiger partial charge >= 0.3 is 0 Å². The van der Waals surface area contributed by atoms with Gasteiger partial charge in [-0.05, 0) is 31.3 Å². The molecule has 1 heteroatoms. The van der Waals surface area contributed by atoms with Crippen LogP contribution in [0.2, 0.25) is 0 Å². The SMILES string of the molecule is CCCCC1CNCC1C. The molecule has 0 aromatic rings. The molecule has 1 nitrogen and oxygen atoms in total. The highest BCUT2D eigenvalue weighted by Gasteiger charge is 2.21. The molecule has 1 aliphatic heterocycles. The minimum atomic E-state index is 0.923. The van der Waals surface area contributed by atoms with Crippen molar-refractivity contribution in [2.45, 2.75) is 33.1 Å². The molecule has 1 fully saturated rings. The Morgan fingerprint density at radius 3 is 2.70 bits per heavy atom. The second kappa shape index (κ2) is 3.97. The first-order chi connectivity index (χ1) is 4.84. The summed E-state index contributed by atoms with van der Waals surface area (Å²) in [6, 6.07) is 0. The summed E-state index contributed by atoms with van der Waals surface area (Å²) >= 11 is 0. The molecule has 1 rings (SSSR count). The van der Waals surface area contributed by atoms with Crippen LogP contribution in [0.25, 0.3) is 0 Å². The van der Waals surface area contributed by atoms with Crippen molar-refractivity contribution in [2.24, 2.45) is 11.8 Å². The average Bonchev–Trinajstić information content (AvgIpc) is 2.31. The van der Waals surface area contributed by atoms with E-state index in [0.29, 0.717) is 0 Å². The minimum Gasteiger partial charge on any atom is -0.316 e. The Morgan fingerprint density at radius 1 is 1.40 bits per heavy atom. The summed E-state index contributed by atoms with van der Waals surface area (Å²) in [7, 11) is 0. The smallest absolute Gasteiger partial charge is 0.00174 e. The molecule has 2 atom stereocenters. The van der Waals surface area contributed by atoms with Gasteiger partial charge in [0.1, 0.15) is 0 Å². The van der Waals surface area contributed by atoms with E-state index in [1.165, 1.54) is 32.4 Å². The van der Waals surface area contributed by atoms with Gasteiger partial charge in [0, 0.05) is 0 Å². The third-order valence-electron chi connectivity index (χ3n) is 2.61. The van der Waals surface area contributed by atoms with Gasteiger partial charge in [-0.2, -0.15) is 0 Å². The number of nitrogens with one attached hydrogen (secondary N) is 1. The molecular formula is C9H19N. The van der Waals surface area contributed by atoms with Crippen molar-refractivity contribution < 1.29 is 0 Å². The van der Waals surface area contributed by atoms with Gasteiger partial charge < -0.3 is 5.32 Å². The molecule has 0 saturated carbocycles. The summed E-state index contributed by atoms with van der Waals surface area (Å²) in [4.78, 5) is 0. The predicted molar refractivity (Wildman–Crippen MR) is 45.0 cm³/mol. The van der Waals surface area contributed by atoms with Gasteiger partial charge in [0.15, 0.2) is 0 Å². The molecule has 0 bridgehead atoms. The summed E-state index contributed by atoms with van der Waals surface area (Å²) in [5.41, 5.74) is 0. The van der Waals surface area contributed by atoms with Gasteiger partial charge in [0.2, 0.25) is 0 Å². The lowest BCUT2D eigenvalue weighted by Gasteiger charge is -2.12. The van der Waals surface area contributed by atoms with Gasteiger partial charge in [-0.3, -0.25) is 0 Å². The van der Waals surface area contributed by atoms with Crippen LogP contribution in [0.1, 0.15) is 33.1 Å². The maximum atomic E-state index is 3.43. The normalized spacial score (nSPS) is 33.0. The molecule has 0 aromatic heterocycles. The number of hydrogen-bond donors (Lipinski definition) is 1. The van der Waals surface area contributed by atoms with Gasteiger partial charge in [0.25, 0.3) is 0 Å². The van der Waals surface area contributed by atoms with Crippen LogP contribution >= 0.6 is 0 Å². The predicted octanol–water partition coefficient (Wildman–Crippen LogP) is 2.03. The zero-order valence-electron chi connectivity index (χ0n) is 7.19. The van der Waals surface area contributed by atoms with Crippen molar-refractivity contribution in [3.05, 3.63) is 0 Å². The Hall–Kier alpha value is -0.0400. The molecule has 0 amide bonds. The molecule has 1 saturated heterocycles. The van der Waals surface area contributed by atoms with E-state index in [1.54, 1.807) is 0 Å². The van der Waals surface area contributed by atoms with Crippen LogP contribution in [-0.4, -0.2) is 13.1 Å². The number of hydrogen-bond acceptors (Lipinski definition) is 1. The van der Waals surface area contributed by atoms with Crippen LogP contribution in [0, 0.1) is 11.8 Å². The number of rotatable bonds is 3. The lowest BCUT2D eigenvalue weighted by molar-refractivity contribution is 0.409. The number of unbranched alkanes of at least 4 members (excludes halogenated alkanes) is 1. The molecule has 60 valence electrons. The largest absolute Gasteiger partial charge is 0.316 e. The van der Waals surface area contributed by atoms with E-state index in [-0.39, 0.29) is 0 Å². The van der Waals surface area contributed by atoms with Gasteiger partial charge in [0.05, 0.1) is 0 Å². The second-order valence-electron chi connectivity index (χ2n) is 3.54. The maximum Gasteiger partial charge on any atom is -0.00174 e. The van der Waals surface area contributed by atoms with E-state index in [2.05, 4.69) is 19.2 Å². The highest BCUT2D eigenvalue weighted by atomic mass is 14.9. The highest BCUT2D eigenvalue weighted by molar-refractivity contribution is 4.77. The van der Waals surface area contributed by atoms with Gasteiger partial charge in [-0.15, -0.1) is 0 Å². The Balaban J connectivity index is 2.14. The van der Waals surface area contributed by atoms with E-state index in [0.717, 1.165) is 11.8 Å². The monoisotopic (exact) mass is 141 g/mol. The molecule has 1 N–H and O–H groups in total. The standard InChI is InChI=1S/C9H19N/c1-3-4-5-9-7-10-6-8(9)2/h8-10H,3-7H2,1-2H3. The molecule has 0 radical (unpaired) electrons. The molecule has 0 aromatic carbocycles. The Bertz CT molecular complexity index is 90.7. The van der Waals surface area contributed by atoms with Crippen molar-refractivity contribution >= 4 is 0 Å². The Morgan fingerprint density at radius 2 is 2.20 bits per heavy atom. The Kier molecular flexibility index (Phi) is 3.20. The summed E-state index contributed by atoms with van der Waals surface area (Å²) < 4.78 is 0. The van der Waals surface area contributed by atoms with Crippen molar-refractivity contribution in [2.75, 3.05) is 13.1 Å². The van der Waals surface area contributed by atoms with Crippen molar-refractivity contribution in [1.29, 1.82) is 0 Å². The lowest BCUT2D eigenvalue weighted by atomic mass is 9.93. The van der Waals surface area contributed by atoms with Crippen LogP contribution < -0.4 is 5.32 Å². The van der Waals surface area contributed by atoms with Crippen LogP contribution in [-0.2, 0) is 0 Å². The van der Waals surface area contributed by atoms with Crippen molar-refractivity contribution in [1.82, 2.24) is 5.32 Å². The van der Waals surface area contributed by atoms with Crippen molar-refractivity contribution in [3.8, 4) is 0 Å². The summed E-state index contributed by atoms with van der Waals surface area (Å²) in [5, 5.41) is 3.43. The fourth-order valence-electron chi connectivity index (χ4n) is 1.72. The summed E-state index contributed by atoms with van der Waals surface area (Å²) in [6.45, 7) is 7.14. The Labute approximate surface area is 64.2 Å². The van der Waals surface area contributed by atoms with Crippen LogP contribution in [0.3, 0.4) is 0 Å². The summed E-state index contributed by atoms with van der Waals surface area (Å²) in [5.74, 6) is 1.89. The zero-order valence-corrected chi connectivity index (χ0v) is 7.19. The first-order valence-corrected chi connectivity index (χ1v) is 4.55. The molecular weight excluding hydrogens is 122 g/mol. The zero-order chi connectivity index (χ0) is 7.40. The fourth-order valence-corrected chi connectivity index (χ4v) is 1.72. The summed E-state index contributed by atoms with van der Waals surface area (Å²) in [6.07, 6.45) is 4.20. The van der Waals surface area contributed by atoms with E-state index < -0.39 is 0 Å². The van der Waals surface area contributed by atoms with E-state index in [9.17, 15) is 0 Å². The third-order valence-corrected chi connectivity index (χ3v) is 2.61.